The molecule has 0 unspecified atom stereocenters. The molecule has 3 rings (SSSR count). The number of aromatic nitrogens is 4. The number of hydrogen-bond donors (Lipinski definition) is 1. The molecule has 1 heterocycles. The zero-order valence-electron chi connectivity index (χ0n) is 11.1. The lowest BCUT2D eigenvalue weighted by Crippen LogP contribution is -2.29. The number of aliphatic hydroxyl groups excluding tert-OH is 1. The lowest BCUT2D eigenvalue weighted by Gasteiger charge is -2.25. The molecule has 6 heteroatoms. The highest BCUT2D eigenvalue weighted by Crippen LogP contribution is 2.27. The molecule has 0 radical (unpaired) electrons. The van der Waals surface area contributed by atoms with Gasteiger partial charge in [-0.05, 0) is 35.8 Å². The van der Waals surface area contributed by atoms with Crippen LogP contribution >= 0.6 is 15.9 Å². The first-order valence-corrected chi connectivity index (χ1v) is 7.72. The van der Waals surface area contributed by atoms with Gasteiger partial charge < -0.3 is 5.11 Å². The van der Waals surface area contributed by atoms with Crippen molar-refractivity contribution in [1.82, 2.24) is 20.2 Å². The van der Waals surface area contributed by atoms with E-state index in [0.717, 1.165) is 35.7 Å². The second-order valence-electron chi connectivity index (χ2n) is 5.25. The minimum atomic E-state index is -0.350. The highest BCUT2D eigenvalue weighted by molar-refractivity contribution is 9.10. The van der Waals surface area contributed by atoms with Gasteiger partial charge in [0.05, 0.1) is 12.1 Å². The number of benzene rings is 1. The number of rotatable bonds is 3. The Morgan fingerprint density at radius 2 is 2.15 bits per heavy atom. The van der Waals surface area contributed by atoms with E-state index in [1.54, 1.807) is 4.80 Å². The zero-order valence-corrected chi connectivity index (χ0v) is 12.7. The molecule has 0 spiro atoms. The van der Waals surface area contributed by atoms with Crippen LogP contribution in [0.5, 0.6) is 0 Å². The third-order valence-corrected chi connectivity index (χ3v) is 4.20. The Bertz CT molecular complexity index is 586. The first kappa shape index (κ1) is 13.7. The van der Waals surface area contributed by atoms with Gasteiger partial charge in [-0.15, -0.1) is 10.2 Å². The predicted molar refractivity (Wildman–Crippen MR) is 78.3 cm³/mol. The Balaban J connectivity index is 1.73. The van der Waals surface area contributed by atoms with Gasteiger partial charge in [0.25, 0.3) is 0 Å². The van der Waals surface area contributed by atoms with Crippen LogP contribution in [-0.4, -0.2) is 31.4 Å². The van der Waals surface area contributed by atoms with Gasteiger partial charge >= 0.3 is 0 Å². The van der Waals surface area contributed by atoms with Gasteiger partial charge in [0.1, 0.15) is 0 Å². The molecule has 1 aliphatic rings. The number of tetrazole rings is 1. The molecule has 1 aromatic heterocycles. The lowest BCUT2D eigenvalue weighted by molar-refractivity contribution is 0.0612. The molecule has 0 aliphatic heterocycles. The lowest BCUT2D eigenvalue weighted by atomic mass is 9.93. The van der Waals surface area contributed by atoms with Gasteiger partial charge in [-0.3, -0.25) is 0 Å². The summed E-state index contributed by atoms with van der Waals surface area (Å²) in [5.41, 5.74) is 1.14. The van der Waals surface area contributed by atoms with Crippen LogP contribution in [0.25, 0.3) is 0 Å². The van der Waals surface area contributed by atoms with E-state index in [0.29, 0.717) is 12.2 Å². The molecule has 1 aromatic carbocycles. The number of nitrogens with zero attached hydrogens (tertiary/aromatic N) is 4. The summed E-state index contributed by atoms with van der Waals surface area (Å²) in [6, 6.07) is 8.06. The monoisotopic (exact) mass is 336 g/mol. The fourth-order valence-corrected chi connectivity index (χ4v) is 3.10. The highest BCUT2D eigenvalue weighted by atomic mass is 79.9. The van der Waals surface area contributed by atoms with E-state index < -0.39 is 0 Å². The van der Waals surface area contributed by atoms with Crippen molar-refractivity contribution >= 4 is 15.9 Å². The average molecular weight is 337 g/mol. The molecule has 0 saturated heterocycles. The van der Waals surface area contributed by atoms with Gasteiger partial charge in [0, 0.05) is 10.9 Å². The number of aliphatic hydroxyl groups is 1. The summed E-state index contributed by atoms with van der Waals surface area (Å²) in [4.78, 5) is 1.59. The van der Waals surface area contributed by atoms with Crippen LogP contribution in [-0.2, 0) is 6.42 Å². The van der Waals surface area contributed by atoms with Gasteiger partial charge in [-0.25, -0.2) is 0 Å². The Hall–Kier alpha value is -1.27. The van der Waals surface area contributed by atoms with Crippen molar-refractivity contribution in [2.75, 3.05) is 0 Å². The molecular weight excluding hydrogens is 320 g/mol. The van der Waals surface area contributed by atoms with Crippen molar-refractivity contribution in [2.24, 2.45) is 0 Å². The Morgan fingerprint density at radius 1 is 1.30 bits per heavy atom. The fourth-order valence-electron chi connectivity index (χ4n) is 2.66. The molecule has 0 bridgehead atoms. The molecule has 1 fully saturated rings. The summed E-state index contributed by atoms with van der Waals surface area (Å²) in [7, 11) is 0. The molecular formula is C14H17BrN4O. The molecule has 20 heavy (non-hydrogen) atoms. The summed E-state index contributed by atoms with van der Waals surface area (Å²) in [5, 5.41) is 22.7. The maximum absolute atomic E-state index is 10.0. The van der Waals surface area contributed by atoms with Crippen molar-refractivity contribution in [3.63, 3.8) is 0 Å². The second kappa shape index (κ2) is 6.01. The highest BCUT2D eigenvalue weighted by Gasteiger charge is 2.26. The van der Waals surface area contributed by atoms with Crippen molar-refractivity contribution in [3.8, 4) is 0 Å². The van der Waals surface area contributed by atoms with Crippen LogP contribution in [0, 0.1) is 0 Å². The SMILES string of the molecule is O[C@@H]1CCCC[C@H]1n1nnc(Cc2cccc(Br)c2)n1. The molecule has 1 N–H and O–H groups in total. The van der Waals surface area contributed by atoms with Crippen molar-refractivity contribution in [1.29, 1.82) is 0 Å². The van der Waals surface area contributed by atoms with E-state index in [9.17, 15) is 5.11 Å². The predicted octanol–water partition coefficient (Wildman–Crippen LogP) is 2.50. The molecule has 5 nitrogen and oxygen atoms in total. The first-order chi connectivity index (χ1) is 9.72. The van der Waals surface area contributed by atoms with Crippen LogP contribution in [0.4, 0.5) is 0 Å². The van der Waals surface area contributed by atoms with E-state index in [-0.39, 0.29) is 12.1 Å². The third-order valence-electron chi connectivity index (χ3n) is 3.71. The van der Waals surface area contributed by atoms with E-state index in [4.69, 9.17) is 0 Å². The summed E-state index contributed by atoms with van der Waals surface area (Å²) in [6.07, 6.45) is 4.25. The van der Waals surface area contributed by atoms with E-state index in [1.807, 2.05) is 18.2 Å². The van der Waals surface area contributed by atoms with Gasteiger partial charge in [-0.1, -0.05) is 40.9 Å². The van der Waals surface area contributed by atoms with Crippen LogP contribution < -0.4 is 0 Å². The standard InChI is InChI=1S/C14H17BrN4O/c15-11-5-3-4-10(8-11)9-14-16-18-19(17-14)12-6-1-2-7-13(12)20/h3-5,8,12-13,20H,1-2,6-7,9H2/t12-,13-/m1/s1. The summed E-state index contributed by atoms with van der Waals surface area (Å²) in [6.45, 7) is 0. The first-order valence-electron chi connectivity index (χ1n) is 6.93. The van der Waals surface area contributed by atoms with Crippen molar-refractivity contribution in [2.45, 2.75) is 44.2 Å². The van der Waals surface area contributed by atoms with Crippen LogP contribution in [0.15, 0.2) is 28.7 Å². The maximum atomic E-state index is 10.0. The summed E-state index contributed by atoms with van der Waals surface area (Å²) < 4.78 is 1.05. The topological polar surface area (TPSA) is 63.8 Å². The van der Waals surface area contributed by atoms with Crippen molar-refractivity contribution < 1.29 is 5.11 Å². The Morgan fingerprint density at radius 3 is 2.95 bits per heavy atom. The van der Waals surface area contributed by atoms with Gasteiger partial charge in [-0.2, -0.15) is 4.80 Å². The molecule has 1 saturated carbocycles. The second-order valence-corrected chi connectivity index (χ2v) is 6.17. The minimum Gasteiger partial charge on any atom is -0.391 e. The smallest absolute Gasteiger partial charge is 0.179 e. The van der Waals surface area contributed by atoms with Gasteiger partial charge in [0.15, 0.2) is 5.82 Å². The van der Waals surface area contributed by atoms with Crippen LogP contribution in [0.1, 0.15) is 43.1 Å². The Labute approximate surface area is 126 Å². The number of hydrogen-bond acceptors (Lipinski definition) is 4. The minimum absolute atomic E-state index is 0.0208. The normalized spacial score (nSPS) is 22.9. The van der Waals surface area contributed by atoms with E-state index >= 15 is 0 Å². The van der Waals surface area contributed by atoms with Crippen LogP contribution in [0.2, 0.25) is 0 Å². The van der Waals surface area contributed by atoms with Gasteiger partial charge in [0.2, 0.25) is 0 Å². The molecule has 2 atom stereocenters. The molecule has 1 aliphatic carbocycles. The average Bonchev–Trinajstić information content (AvgIpc) is 2.87. The zero-order chi connectivity index (χ0) is 13.9. The maximum Gasteiger partial charge on any atom is 0.179 e. The Kier molecular flexibility index (Phi) is 4.12. The van der Waals surface area contributed by atoms with Crippen molar-refractivity contribution in [3.05, 3.63) is 40.1 Å². The summed E-state index contributed by atoms with van der Waals surface area (Å²) in [5.74, 6) is 0.695. The summed E-state index contributed by atoms with van der Waals surface area (Å²) >= 11 is 3.46. The quantitative estimate of drug-likeness (QED) is 0.935. The number of halogens is 1. The largest absolute Gasteiger partial charge is 0.391 e. The van der Waals surface area contributed by atoms with Crippen LogP contribution in [0.3, 0.4) is 0 Å². The molecule has 2 aromatic rings. The van der Waals surface area contributed by atoms with E-state index in [1.165, 1.54) is 0 Å². The van der Waals surface area contributed by atoms with E-state index in [2.05, 4.69) is 37.4 Å². The molecule has 0 amide bonds. The molecule has 106 valence electrons. The fraction of sp³-hybridized carbons (Fsp3) is 0.500. The third kappa shape index (κ3) is 3.07.